The largest absolute Gasteiger partial charge is 0.497 e. The molecule has 0 spiro atoms. The summed E-state index contributed by atoms with van der Waals surface area (Å²) in [5.41, 5.74) is -0.174. The Kier molecular flexibility index (Phi) is 5.73. The Morgan fingerprint density at radius 3 is 2.16 bits per heavy atom. The molecule has 0 unspecified atom stereocenters. The number of para-hydroxylation sites is 1. The van der Waals surface area contributed by atoms with Crippen molar-refractivity contribution in [3.05, 3.63) is 69.8 Å². The number of ketones is 3. The van der Waals surface area contributed by atoms with E-state index in [1.165, 1.54) is 43.5 Å². The standard InChI is InChI=1S/C18H15NO6/c1-25-14-8-6-12(7-9-14)17(21)10-13(20)11-18(22)15-4-2-3-5-16(15)19(23)24/h2-9H,10-11H2,1H3. The lowest BCUT2D eigenvalue weighted by molar-refractivity contribution is -0.385. The monoisotopic (exact) mass is 341 g/mol. The van der Waals surface area contributed by atoms with Crippen LogP contribution in [0, 0.1) is 10.1 Å². The first-order chi connectivity index (χ1) is 11.9. The zero-order valence-corrected chi connectivity index (χ0v) is 13.4. The molecular formula is C18H15NO6. The van der Waals surface area contributed by atoms with Gasteiger partial charge in [0, 0.05) is 11.6 Å². The van der Waals surface area contributed by atoms with Crippen LogP contribution in [0.1, 0.15) is 33.6 Å². The van der Waals surface area contributed by atoms with E-state index in [1.54, 1.807) is 12.1 Å². The first-order valence-electron chi connectivity index (χ1n) is 7.38. The van der Waals surface area contributed by atoms with Crippen LogP contribution in [0.5, 0.6) is 5.75 Å². The molecule has 0 fully saturated rings. The molecule has 25 heavy (non-hydrogen) atoms. The maximum absolute atomic E-state index is 12.1. The van der Waals surface area contributed by atoms with Crippen LogP contribution >= 0.6 is 0 Å². The van der Waals surface area contributed by atoms with Crippen LogP contribution in [-0.2, 0) is 4.79 Å². The Hall–Kier alpha value is -3.35. The Labute approximate surface area is 143 Å². The van der Waals surface area contributed by atoms with E-state index in [2.05, 4.69) is 0 Å². The molecule has 0 aliphatic carbocycles. The molecule has 0 saturated carbocycles. The molecule has 0 heterocycles. The van der Waals surface area contributed by atoms with Crippen molar-refractivity contribution < 1.29 is 24.0 Å². The van der Waals surface area contributed by atoms with E-state index < -0.39 is 35.1 Å². The summed E-state index contributed by atoms with van der Waals surface area (Å²) in [6.07, 6.45) is -1.01. The SMILES string of the molecule is COc1ccc(C(=O)CC(=O)CC(=O)c2ccccc2[N+](=O)[O-])cc1. The summed E-state index contributed by atoms with van der Waals surface area (Å²) in [6, 6.07) is 11.6. The minimum absolute atomic E-state index is 0.141. The fourth-order valence-corrected chi connectivity index (χ4v) is 2.26. The van der Waals surface area contributed by atoms with E-state index in [4.69, 9.17) is 4.74 Å². The van der Waals surface area contributed by atoms with E-state index in [0.717, 1.165) is 0 Å². The molecule has 0 aliphatic heterocycles. The predicted molar refractivity (Wildman–Crippen MR) is 89.0 cm³/mol. The van der Waals surface area contributed by atoms with Crippen molar-refractivity contribution in [2.24, 2.45) is 0 Å². The van der Waals surface area contributed by atoms with Crippen LogP contribution in [0.3, 0.4) is 0 Å². The number of carbonyl (C=O) groups is 3. The van der Waals surface area contributed by atoms with Gasteiger partial charge in [0.05, 0.1) is 30.4 Å². The molecule has 0 atom stereocenters. The third kappa shape index (κ3) is 4.57. The number of hydrogen-bond donors (Lipinski definition) is 0. The number of rotatable bonds is 8. The van der Waals surface area contributed by atoms with Crippen molar-refractivity contribution in [2.75, 3.05) is 7.11 Å². The van der Waals surface area contributed by atoms with Crippen LogP contribution < -0.4 is 4.74 Å². The van der Waals surface area contributed by atoms with Crippen molar-refractivity contribution in [3.8, 4) is 5.75 Å². The predicted octanol–water partition coefficient (Wildman–Crippen LogP) is 3.02. The molecule has 2 rings (SSSR count). The van der Waals surface area contributed by atoms with Gasteiger partial charge in [-0.05, 0) is 30.3 Å². The molecule has 128 valence electrons. The fraction of sp³-hybridized carbons (Fsp3) is 0.167. The fourth-order valence-electron chi connectivity index (χ4n) is 2.26. The molecule has 7 heteroatoms. The maximum atomic E-state index is 12.1. The minimum Gasteiger partial charge on any atom is -0.497 e. The van der Waals surface area contributed by atoms with E-state index in [-0.39, 0.29) is 11.3 Å². The average Bonchev–Trinajstić information content (AvgIpc) is 2.61. The summed E-state index contributed by atoms with van der Waals surface area (Å²) in [6.45, 7) is 0. The third-order valence-electron chi connectivity index (χ3n) is 3.53. The van der Waals surface area contributed by atoms with Gasteiger partial charge in [-0.15, -0.1) is 0 Å². The van der Waals surface area contributed by atoms with Gasteiger partial charge in [-0.1, -0.05) is 12.1 Å². The second-order valence-corrected chi connectivity index (χ2v) is 5.24. The highest BCUT2D eigenvalue weighted by molar-refractivity contribution is 6.16. The van der Waals surface area contributed by atoms with Crippen LogP contribution in [0.25, 0.3) is 0 Å². The highest BCUT2D eigenvalue weighted by atomic mass is 16.6. The van der Waals surface area contributed by atoms with Gasteiger partial charge >= 0.3 is 0 Å². The Bertz CT molecular complexity index is 826. The van der Waals surface area contributed by atoms with E-state index in [0.29, 0.717) is 11.3 Å². The Morgan fingerprint density at radius 2 is 1.56 bits per heavy atom. The van der Waals surface area contributed by atoms with E-state index >= 15 is 0 Å². The lowest BCUT2D eigenvalue weighted by atomic mass is 9.99. The number of nitro benzene ring substituents is 1. The molecule has 0 amide bonds. The smallest absolute Gasteiger partial charge is 0.280 e. The van der Waals surface area contributed by atoms with Crippen molar-refractivity contribution in [1.82, 2.24) is 0 Å². The summed E-state index contributed by atoms with van der Waals surface area (Å²) >= 11 is 0. The lowest BCUT2D eigenvalue weighted by Crippen LogP contribution is -2.14. The van der Waals surface area contributed by atoms with Gasteiger partial charge in [0.1, 0.15) is 11.5 Å². The summed E-state index contributed by atoms with van der Waals surface area (Å²) in [4.78, 5) is 46.4. The van der Waals surface area contributed by atoms with Gasteiger partial charge in [-0.25, -0.2) is 0 Å². The third-order valence-corrected chi connectivity index (χ3v) is 3.53. The zero-order chi connectivity index (χ0) is 18.4. The topological polar surface area (TPSA) is 104 Å². The molecular weight excluding hydrogens is 326 g/mol. The second kappa shape index (κ2) is 7.96. The van der Waals surface area contributed by atoms with Crippen molar-refractivity contribution in [1.29, 1.82) is 0 Å². The number of methoxy groups -OCH3 is 1. The normalized spacial score (nSPS) is 10.1. The van der Waals surface area contributed by atoms with Gasteiger partial charge in [0.2, 0.25) is 0 Å². The van der Waals surface area contributed by atoms with Gasteiger partial charge in [-0.2, -0.15) is 0 Å². The Balaban J connectivity index is 2.03. The van der Waals surface area contributed by atoms with E-state index in [1.807, 2.05) is 0 Å². The molecule has 0 radical (unpaired) electrons. The van der Waals surface area contributed by atoms with E-state index in [9.17, 15) is 24.5 Å². The number of nitrogens with zero attached hydrogens (tertiary/aromatic N) is 1. The summed E-state index contributed by atoms with van der Waals surface area (Å²) in [7, 11) is 1.49. The number of benzene rings is 2. The molecule has 0 bridgehead atoms. The Morgan fingerprint density at radius 1 is 0.960 bits per heavy atom. The molecule has 2 aromatic carbocycles. The molecule has 0 N–H and O–H groups in total. The van der Waals surface area contributed by atoms with Gasteiger partial charge in [0.25, 0.3) is 5.69 Å². The average molecular weight is 341 g/mol. The van der Waals surface area contributed by atoms with Gasteiger partial charge in [-0.3, -0.25) is 24.5 Å². The summed E-state index contributed by atoms with van der Waals surface area (Å²) < 4.78 is 4.98. The number of ether oxygens (including phenoxy) is 1. The molecule has 0 aliphatic rings. The molecule has 7 nitrogen and oxygen atoms in total. The van der Waals surface area contributed by atoms with Crippen LogP contribution in [0.15, 0.2) is 48.5 Å². The summed E-state index contributed by atoms with van der Waals surface area (Å²) in [5, 5.41) is 10.9. The minimum atomic E-state index is -0.681. The van der Waals surface area contributed by atoms with Crippen molar-refractivity contribution >= 4 is 23.0 Å². The number of carbonyl (C=O) groups excluding carboxylic acids is 3. The highest BCUT2D eigenvalue weighted by Gasteiger charge is 2.22. The second-order valence-electron chi connectivity index (χ2n) is 5.24. The molecule has 0 saturated heterocycles. The zero-order valence-electron chi connectivity index (χ0n) is 13.4. The summed E-state index contributed by atoms with van der Waals surface area (Å²) in [5.74, 6) is -1.12. The number of hydrogen-bond acceptors (Lipinski definition) is 6. The van der Waals surface area contributed by atoms with Crippen LogP contribution in [0.2, 0.25) is 0 Å². The highest BCUT2D eigenvalue weighted by Crippen LogP contribution is 2.20. The van der Waals surface area contributed by atoms with Crippen molar-refractivity contribution in [2.45, 2.75) is 12.8 Å². The quantitative estimate of drug-likeness (QED) is 0.316. The van der Waals surface area contributed by atoms with Crippen LogP contribution in [-0.4, -0.2) is 29.4 Å². The molecule has 2 aromatic rings. The van der Waals surface area contributed by atoms with Crippen molar-refractivity contribution in [3.63, 3.8) is 0 Å². The number of nitro groups is 1. The first kappa shape index (κ1) is 18.0. The molecule has 0 aromatic heterocycles. The maximum Gasteiger partial charge on any atom is 0.280 e. The van der Waals surface area contributed by atoms with Gasteiger partial charge in [0.15, 0.2) is 11.6 Å². The lowest BCUT2D eigenvalue weighted by Gasteiger charge is -2.04. The van der Waals surface area contributed by atoms with Gasteiger partial charge < -0.3 is 4.74 Å². The van der Waals surface area contributed by atoms with Crippen LogP contribution in [0.4, 0.5) is 5.69 Å². The number of Topliss-reactive ketones (excluding diaryl/α,β-unsaturated/α-hetero) is 3. The first-order valence-corrected chi connectivity index (χ1v) is 7.38.